The Morgan fingerprint density at radius 1 is 1.38 bits per heavy atom. The van der Waals surface area contributed by atoms with Gasteiger partial charge in [0.1, 0.15) is 11.3 Å². The first-order valence-electron chi connectivity index (χ1n) is 5.72. The highest BCUT2D eigenvalue weighted by molar-refractivity contribution is 9.10. The molecule has 0 saturated heterocycles. The lowest BCUT2D eigenvalue weighted by Gasteiger charge is -2.29. The van der Waals surface area contributed by atoms with Gasteiger partial charge in [-0.15, -0.1) is 12.4 Å². The van der Waals surface area contributed by atoms with E-state index in [0.717, 1.165) is 0 Å². The summed E-state index contributed by atoms with van der Waals surface area (Å²) in [6.45, 7) is 3.12. The minimum atomic E-state index is -1.28. The van der Waals surface area contributed by atoms with Crippen molar-refractivity contribution in [3.05, 3.63) is 27.7 Å². The van der Waals surface area contributed by atoms with Gasteiger partial charge in [0, 0.05) is 16.1 Å². The smallest absolute Gasteiger partial charge is 0.339 e. The van der Waals surface area contributed by atoms with Gasteiger partial charge >= 0.3 is 11.9 Å². The van der Waals surface area contributed by atoms with Crippen LogP contribution in [0.5, 0.6) is 5.75 Å². The van der Waals surface area contributed by atoms with Crippen molar-refractivity contribution < 1.29 is 24.5 Å². The fourth-order valence-electron chi connectivity index (χ4n) is 1.80. The van der Waals surface area contributed by atoms with E-state index in [2.05, 4.69) is 20.7 Å². The SMILES string of the molecule is COC(=O)C(C)(C)[C@@H](N)c1cc(Br)cc(C(=O)O)c1O.Cl. The maximum absolute atomic E-state index is 11.8. The molecule has 0 aliphatic carbocycles. The monoisotopic (exact) mass is 381 g/mol. The Balaban J connectivity index is 0.00000400. The predicted molar refractivity (Wildman–Crippen MR) is 82.7 cm³/mol. The number of hydrogen-bond acceptors (Lipinski definition) is 5. The number of nitrogens with two attached hydrogens (primary N) is 1. The molecule has 0 aromatic heterocycles. The van der Waals surface area contributed by atoms with E-state index < -0.39 is 29.1 Å². The summed E-state index contributed by atoms with van der Waals surface area (Å²) in [6.07, 6.45) is 0. The Bertz CT molecular complexity index is 562. The van der Waals surface area contributed by atoms with Crippen LogP contribution in [0.15, 0.2) is 16.6 Å². The Labute approximate surface area is 136 Å². The summed E-state index contributed by atoms with van der Waals surface area (Å²) in [5.74, 6) is -2.29. The summed E-state index contributed by atoms with van der Waals surface area (Å²) >= 11 is 3.16. The second kappa shape index (κ2) is 7.11. The number of hydrogen-bond donors (Lipinski definition) is 3. The van der Waals surface area contributed by atoms with E-state index in [1.165, 1.54) is 19.2 Å². The zero-order valence-electron chi connectivity index (χ0n) is 11.7. The average Bonchev–Trinajstić information content (AvgIpc) is 2.38. The number of benzene rings is 1. The van der Waals surface area contributed by atoms with E-state index in [-0.39, 0.29) is 23.5 Å². The molecule has 0 spiro atoms. The van der Waals surface area contributed by atoms with Gasteiger partial charge in [-0.25, -0.2) is 4.79 Å². The number of aromatic hydroxyl groups is 1. The average molecular weight is 383 g/mol. The molecular weight excluding hydrogens is 366 g/mol. The molecule has 0 aliphatic heterocycles. The first kappa shape index (κ1) is 19.7. The van der Waals surface area contributed by atoms with Crippen LogP contribution in [-0.2, 0) is 9.53 Å². The lowest BCUT2D eigenvalue weighted by atomic mass is 9.80. The van der Waals surface area contributed by atoms with Gasteiger partial charge in [0.05, 0.1) is 12.5 Å². The van der Waals surface area contributed by atoms with E-state index in [1.54, 1.807) is 13.8 Å². The molecule has 118 valence electrons. The van der Waals surface area contributed by atoms with E-state index >= 15 is 0 Å². The summed E-state index contributed by atoms with van der Waals surface area (Å²) in [5.41, 5.74) is 4.76. The number of halogens is 2. The molecule has 1 atom stereocenters. The Morgan fingerprint density at radius 2 is 1.90 bits per heavy atom. The van der Waals surface area contributed by atoms with Crippen LogP contribution >= 0.6 is 28.3 Å². The summed E-state index contributed by atoms with van der Waals surface area (Å²) in [4.78, 5) is 22.8. The van der Waals surface area contributed by atoms with Gasteiger partial charge in [0.2, 0.25) is 0 Å². The molecule has 1 rings (SSSR count). The minimum Gasteiger partial charge on any atom is -0.507 e. The van der Waals surface area contributed by atoms with E-state index in [4.69, 9.17) is 10.8 Å². The lowest BCUT2D eigenvalue weighted by Crippen LogP contribution is -2.37. The van der Waals surface area contributed by atoms with E-state index in [0.29, 0.717) is 4.47 Å². The molecule has 0 saturated carbocycles. The summed E-state index contributed by atoms with van der Waals surface area (Å²) in [6, 6.07) is 1.82. The van der Waals surface area contributed by atoms with Crippen molar-refractivity contribution in [3.63, 3.8) is 0 Å². The molecule has 8 heteroatoms. The number of carboxylic acid groups (broad SMARTS) is 1. The number of rotatable bonds is 4. The number of ether oxygens (including phenoxy) is 1. The van der Waals surface area contributed by atoms with Gasteiger partial charge in [0.25, 0.3) is 0 Å². The van der Waals surface area contributed by atoms with Crippen molar-refractivity contribution in [2.75, 3.05) is 7.11 Å². The standard InChI is InChI=1S/C13H16BrNO5.ClH/c1-13(2,12(19)20-3)10(15)7-4-6(14)5-8(9(7)16)11(17)18;/h4-5,10,16H,15H2,1-3H3,(H,17,18);1H/t10-;/m0./s1. The van der Waals surface area contributed by atoms with Crippen LogP contribution < -0.4 is 5.73 Å². The van der Waals surface area contributed by atoms with Gasteiger partial charge in [-0.1, -0.05) is 15.9 Å². The van der Waals surface area contributed by atoms with Crippen molar-refractivity contribution in [3.8, 4) is 5.75 Å². The molecule has 0 unspecified atom stereocenters. The van der Waals surface area contributed by atoms with E-state index in [9.17, 15) is 14.7 Å². The topological polar surface area (TPSA) is 110 Å². The van der Waals surface area contributed by atoms with Gasteiger partial charge in [-0.2, -0.15) is 0 Å². The van der Waals surface area contributed by atoms with Crippen LogP contribution in [0.1, 0.15) is 35.8 Å². The molecule has 0 fully saturated rings. The first-order valence-corrected chi connectivity index (χ1v) is 6.52. The number of carboxylic acids is 1. The van der Waals surface area contributed by atoms with Crippen molar-refractivity contribution in [2.24, 2.45) is 11.1 Å². The van der Waals surface area contributed by atoms with Gasteiger partial charge in [-0.3, -0.25) is 4.79 Å². The fraction of sp³-hybridized carbons (Fsp3) is 0.385. The second-order valence-corrected chi connectivity index (χ2v) is 5.80. The predicted octanol–water partition coefficient (Wildman–Crippen LogP) is 2.47. The molecule has 0 aliphatic rings. The molecule has 0 radical (unpaired) electrons. The number of phenols is 1. The Morgan fingerprint density at radius 3 is 2.33 bits per heavy atom. The van der Waals surface area contributed by atoms with Crippen LogP contribution in [0.4, 0.5) is 0 Å². The third-order valence-corrected chi connectivity index (χ3v) is 3.62. The van der Waals surface area contributed by atoms with Crippen molar-refractivity contribution in [1.82, 2.24) is 0 Å². The quantitative estimate of drug-likeness (QED) is 0.690. The largest absolute Gasteiger partial charge is 0.507 e. The summed E-state index contributed by atoms with van der Waals surface area (Å²) in [5, 5.41) is 19.1. The van der Waals surface area contributed by atoms with Crippen molar-refractivity contribution in [1.29, 1.82) is 0 Å². The van der Waals surface area contributed by atoms with Crippen LogP contribution in [0.2, 0.25) is 0 Å². The van der Waals surface area contributed by atoms with E-state index in [1.807, 2.05) is 0 Å². The zero-order chi connectivity index (χ0) is 15.7. The molecule has 4 N–H and O–H groups in total. The second-order valence-electron chi connectivity index (χ2n) is 4.89. The fourth-order valence-corrected chi connectivity index (χ4v) is 2.27. The van der Waals surface area contributed by atoms with Crippen molar-refractivity contribution >= 4 is 40.3 Å². The summed E-state index contributed by atoms with van der Waals surface area (Å²) < 4.78 is 5.12. The highest BCUT2D eigenvalue weighted by Gasteiger charge is 2.38. The summed E-state index contributed by atoms with van der Waals surface area (Å²) in [7, 11) is 1.24. The number of carbonyl (C=O) groups is 2. The molecule has 1 aromatic carbocycles. The lowest BCUT2D eigenvalue weighted by molar-refractivity contribution is -0.152. The highest BCUT2D eigenvalue weighted by Crippen LogP contribution is 2.39. The Kier molecular flexibility index (Phi) is 6.66. The van der Waals surface area contributed by atoms with Crippen LogP contribution in [0.25, 0.3) is 0 Å². The molecule has 0 bridgehead atoms. The third kappa shape index (κ3) is 3.87. The number of carbonyl (C=O) groups excluding carboxylic acids is 1. The minimum absolute atomic E-state index is 0. The molecule has 1 aromatic rings. The van der Waals surface area contributed by atoms with Crippen molar-refractivity contribution in [2.45, 2.75) is 19.9 Å². The maximum Gasteiger partial charge on any atom is 0.339 e. The molecule has 6 nitrogen and oxygen atoms in total. The van der Waals surface area contributed by atoms with Crippen LogP contribution in [-0.4, -0.2) is 29.3 Å². The van der Waals surface area contributed by atoms with Gasteiger partial charge in [0.15, 0.2) is 0 Å². The van der Waals surface area contributed by atoms with Gasteiger partial charge < -0.3 is 20.7 Å². The first-order chi connectivity index (χ1) is 9.12. The number of aromatic carboxylic acids is 1. The highest BCUT2D eigenvalue weighted by atomic mass is 79.9. The maximum atomic E-state index is 11.8. The third-order valence-electron chi connectivity index (χ3n) is 3.16. The van der Waals surface area contributed by atoms with Gasteiger partial charge in [-0.05, 0) is 26.0 Å². The number of methoxy groups -OCH3 is 1. The molecule has 21 heavy (non-hydrogen) atoms. The number of esters is 1. The van der Waals surface area contributed by atoms with Crippen LogP contribution in [0.3, 0.4) is 0 Å². The molecule has 0 amide bonds. The Hall–Kier alpha value is -1.31. The normalized spacial score (nSPS) is 12.2. The zero-order valence-corrected chi connectivity index (χ0v) is 14.1. The molecular formula is C13H17BrClNO5. The van der Waals surface area contributed by atoms with Crippen LogP contribution in [0, 0.1) is 5.41 Å². The molecule has 0 heterocycles.